The molecule has 0 aromatic heterocycles. The summed E-state index contributed by atoms with van der Waals surface area (Å²) < 4.78 is 13.6. The van der Waals surface area contributed by atoms with E-state index in [2.05, 4.69) is 0 Å². The minimum Gasteiger partial charge on any atom is -0.480 e. The standard InChI is InChI=1S/C10H11ClFNO2/c1-5-2-3-7(11)6(9(5)12)4-8(13)10(14)15/h2-3,8H,4,13H2,1H3,(H,14,15)/t8-/m1/s1. The predicted molar refractivity (Wildman–Crippen MR) is 55.5 cm³/mol. The van der Waals surface area contributed by atoms with Crippen molar-refractivity contribution in [1.82, 2.24) is 0 Å². The van der Waals surface area contributed by atoms with Crippen molar-refractivity contribution in [3.8, 4) is 0 Å². The van der Waals surface area contributed by atoms with E-state index >= 15 is 0 Å². The van der Waals surface area contributed by atoms with Gasteiger partial charge in [-0.1, -0.05) is 17.7 Å². The summed E-state index contributed by atoms with van der Waals surface area (Å²) in [6, 6.07) is 1.93. The maximum Gasteiger partial charge on any atom is 0.320 e. The molecule has 0 aliphatic rings. The molecule has 0 heterocycles. The van der Waals surface area contributed by atoms with Gasteiger partial charge >= 0.3 is 5.97 Å². The summed E-state index contributed by atoms with van der Waals surface area (Å²) in [6.45, 7) is 1.58. The fourth-order valence-corrected chi connectivity index (χ4v) is 1.43. The highest BCUT2D eigenvalue weighted by Crippen LogP contribution is 2.23. The number of carboxylic acids is 1. The van der Waals surface area contributed by atoms with Crippen LogP contribution in [0.15, 0.2) is 12.1 Å². The Balaban J connectivity index is 3.03. The second-order valence-corrected chi connectivity index (χ2v) is 3.71. The molecular formula is C10H11ClFNO2. The highest BCUT2D eigenvalue weighted by atomic mass is 35.5. The van der Waals surface area contributed by atoms with E-state index in [1.165, 1.54) is 12.1 Å². The Hall–Kier alpha value is -1.13. The molecule has 0 saturated carbocycles. The van der Waals surface area contributed by atoms with Crippen LogP contribution in [0.25, 0.3) is 0 Å². The SMILES string of the molecule is Cc1ccc(Cl)c(C[C@@H](N)C(=O)O)c1F. The molecule has 15 heavy (non-hydrogen) atoms. The summed E-state index contributed by atoms with van der Waals surface area (Å²) >= 11 is 5.76. The molecule has 1 atom stereocenters. The Kier molecular flexibility index (Phi) is 3.66. The first-order valence-electron chi connectivity index (χ1n) is 4.35. The van der Waals surface area contributed by atoms with Crippen molar-refractivity contribution in [2.75, 3.05) is 0 Å². The Morgan fingerprint density at radius 2 is 2.27 bits per heavy atom. The summed E-state index contributed by atoms with van der Waals surface area (Å²) in [6.07, 6.45) is -0.109. The summed E-state index contributed by atoms with van der Waals surface area (Å²) in [5.74, 6) is -1.66. The van der Waals surface area contributed by atoms with Gasteiger partial charge in [-0.05, 0) is 18.6 Å². The van der Waals surface area contributed by atoms with E-state index in [1.807, 2.05) is 0 Å². The van der Waals surface area contributed by atoms with Crippen molar-refractivity contribution >= 4 is 17.6 Å². The van der Waals surface area contributed by atoms with E-state index in [0.717, 1.165) is 0 Å². The Morgan fingerprint density at radius 3 is 2.80 bits per heavy atom. The lowest BCUT2D eigenvalue weighted by Crippen LogP contribution is -2.32. The van der Waals surface area contributed by atoms with Gasteiger partial charge in [0.15, 0.2) is 0 Å². The lowest BCUT2D eigenvalue weighted by atomic mass is 10.0. The number of hydrogen-bond acceptors (Lipinski definition) is 2. The van der Waals surface area contributed by atoms with Gasteiger partial charge in [-0.2, -0.15) is 0 Å². The van der Waals surface area contributed by atoms with Gasteiger partial charge < -0.3 is 10.8 Å². The molecule has 3 N–H and O–H groups in total. The van der Waals surface area contributed by atoms with E-state index < -0.39 is 17.8 Å². The second-order valence-electron chi connectivity index (χ2n) is 3.31. The van der Waals surface area contributed by atoms with Crippen LogP contribution in [0.4, 0.5) is 4.39 Å². The number of halogens is 2. The zero-order valence-corrected chi connectivity index (χ0v) is 8.88. The fraction of sp³-hybridized carbons (Fsp3) is 0.300. The molecule has 3 nitrogen and oxygen atoms in total. The van der Waals surface area contributed by atoms with E-state index in [4.69, 9.17) is 22.4 Å². The molecule has 0 amide bonds. The normalized spacial score (nSPS) is 12.5. The van der Waals surface area contributed by atoms with Crippen molar-refractivity contribution < 1.29 is 14.3 Å². The summed E-state index contributed by atoms with van der Waals surface area (Å²) in [4.78, 5) is 10.5. The molecule has 0 unspecified atom stereocenters. The number of carbonyl (C=O) groups is 1. The fourth-order valence-electron chi connectivity index (χ4n) is 1.21. The highest BCUT2D eigenvalue weighted by Gasteiger charge is 2.18. The second kappa shape index (κ2) is 4.59. The molecule has 0 fully saturated rings. The zero-order valence-electron chi connectivity index (χ0n) is 8.13. The predicted octanol–water partition coefficient (Wildman–Crippen LogP) is 1.74. The van der Waals surface area contributed by atoms with E-state index in [-0.39, 0.29) is 17.0 Å². The van der Waals surface area contributed by atoms with Crippen molar-refractivity contribution in [2.24, 2.45) is 5.73 Å². The van der Waals surface area contributed by atoms with E-state index in [9.17, 15) is 9.18 Å². The van der Waals surface area contributed by atoms with Crippen molar-refractivity contribution in [3.05, 3.63) is 34.1 Å². The molecule has 1 aromatic rings. The molecule has 0 aliphatic carbocycles. The van der Waals surface area contributed by atoms with Gasteiger partial charge in [-0.15, -0.1) is 0 Å². The maximum absolute atomic E-state index is 13.6. The summed E-state index contributed by atoms with van der Waals surface area (Å²) in [7, 11) is 0. The molecule has 82 valence electrons. The largest absolute Gasteiger partial charge is 0.480 e. The first-order valence-corrected chi connectivity index (χ1v) is 4.73. The van der Waals surface area contributed by atoms with E-state index in [0.29, 0.717) is 5.56 Å². The first-order chi connectivity index (χ1) is 6.93. The number of aliphatic carboxylic acids is 1. The topological polar surface area (TPSA) is 63.3 Å². The van der Waals surface area contributed by atoms with Gasteiger partial charge in [-0.3, -0.25) is 4.79 Å². The van der Waals surface area contributed by atoms with Crippen LogP contribution in [0, 0.1) is 12.7 Å². The van der Waals surface area contributed by atoms with Gasteiger partial charge in [0.2, 0.25) is 0 Å². The van der Waals surface area contributed by atoms with Crippen LogP contribution in [0.3, 0.4) is 0 Å². The van der Waals surface area contributed by atoms with Crippen LogP contribution in [0.2, 0.25) is 5.02 Å². The number of aryl methyl sites for hydroxylation is 1. The summed E-state index contributed by atoms with van der Waals surface area (Å²) in [5.41, 5.74) is 5.89. The number of nitrogens with two attached hydrogens (primary N) is 1. The van der Waals surface area contributed by atoms with Crippen LogP contribution in [0.1, 0.15) is 11.1 Å². The quantitative estimate of drug-likeness (QED) is 0.833. The highest BCUT2D eigenvalue weighted by molar-refractivity contribution is 6.31. The average Bonchev–Trinajstić information content (AvgIpc) is 2.18. The van der Waals surface area contributed by atoms with Gasteiger partial charge in [0, 0.05) is 17.0 Å². The molecule has 0 spiro atoms. The number of benzene rings is 1. The molecule has 0 saturated heterocycles. The Bertz CT molecular complexity index is 395. The minimum atomic E-state index is -1.17. The maximum atomic E-state index is 13.6. The third-order valence-corrected chi connectivity index (χ3v) is 2.47. The third kappa shape index (κ3) is 2.67. The van der Waals surface area contributed by atoms with Gasteiger partial charge in [-0.25, -0.2) is 4.39 Å². The molecule has 0 bridgehead atoms. The zero-order chi connectivity index (χ0) is 11.6. The minimum absolute atomic E-state index is 0.109. The number of hydrogen-bond donors (Lipinski definition) is 2. The number of carboxylic acid groups (broad SMARTS) is 1. The van der Waals surface area contributed by atoms with Crippen molar-refractivity contribution in [1.29, 1.82) is 0 Å². The lowest BCUT2D eigenvalue weighted by molar-refractivity contribution is -0.138. The number of rotatable bonds is 3. The van der Waals surface area contributed by atoms with Crippen LogP contribution < -0.4 is 5.73 Å². The van der Waals surface area contributed by atoms with Crippen LogP contribution in [-0.4, -0.2) is 17.1 Å². The Labute approximate surface area is 91.7 Å². The molecule has 1 rings (SSSR count). The first kappa shape index (κ1) is 11.9. The van der Waals surface area contributed by atoms with Gasteiger partial charge in [0.05, 0.1) is 0 Å². The molecule has 0 aliphatic heterocycles. The van der Waals surface area contributed by atoms with Crippen LogP contribution in [0.5, 0.6) is 0 Å². The van der Waals surface area contributed by atoms with Crippen molar-refractivity contribution in [3.63, 3.8) is 0 Å². The Morgan fingerprint density at radius 1 is 1.67 bits per heavy atom. The molecule has 0 radical (unpaired) electrons. The monoisotopic (exact) mass is 231 g/mol. The van der Waals surface area contributed by atoms with Crippen LogP contribution in [-0.2, 0) is 11.2 Å². The lowest BCUT2D eigenvalue weighted by Gasteiger charge is -2.10. The summed E-state index contributed by atoms with van der Waals surface area (Å²) in [5, 5.41) is 8.81. The molecular weight excluding hydrogens is 221 g/mol. The van der Waals surface area contributed by atoms with Crippen molar-refractivity contribution in [2.45, 2.75) is 19.4 Å². The molecule has 1 aromatic carbocycles. The van der Waals surface area contributed by atoms with Crippen LogP contribution >= 0.6 is 11.6 Å². The van der Waals surface area contributed by atoms with E-state index in [1.54, 1.807) is 6.92 Å². The smallest absolute Gasteiger partial charge is 0.320 e. The van der Waals surface area contributed by atoms with Gasteiger partial charge in [0.25, 0.3) is 0 Å². The molecule has 5 heteroatoms. The third-order valence-electron chi connectivity index (χ3n) is 2.12. The van der Waals surface area contributed by atoms with Gasteiger partial charge in [0.1, 0.15) is 11.9 Å². The average molecular weight is 232 g/mol.